The van der Waals surface area contributed by atoms with Crippen LogP contribution >= 0.6 is 0 Å². The molecule has 1 aliphatic heterocycles. The van der Waals surface area contributed by atoms with Crippen LogP contribution in [-0.2, 0) is 16.0 Å². The zero-order chi connectivity index (χ0) is 26.8. The molecule has 1 aromatic carbocycles. The van der Waals surface area contributed by atoms with Gasteiger partial charge in [0.25, 0.3) is 0 Å². The molecule has 206 valence electrons. The molecule has 0 unspecified atom stereocenters. The molecule has 1 heterocycles. The summed E-state index contributed by atoms with van der Waals surface area (Å²) in [7, 11) is 0. The Morgan fingerprint density at radius 3 is 2.55 bits per heavy atom. The first-order valence-corrected chi connectivity index (χ1v) is 14.4. The van der Waals surface area contributed by atoms with Crippen molar-refractivity contribution in [2.24, 2.45) is 33.6 Å². The molecule has 0 radical (unpaired) electrons. The highest BCUT2D eigenvalue weighted by Gasteiger charge is 2.71. The van der Waals surface area contributed by atoms with Crippen molar-refractivity contribution in [1.82, 2.24) is 0 Å². The molecule has 8 atom stereocenters. The van der Waals surface area contributed by atoms with Gasteiger partial charge in [-0.25, -0.2) is 9.18 Å². The van der Waals surface area contributed by atoms with Crippen LogP contribution in [0.1, 0.15) is 70.3 Å². The topological polar surface area (TPSA) is 99.4 Å². The number of rotatable bonds is 5. The van der Waals surface area contributed by atoms with Crippen LogP contribution in [0.2, 0.25) is 0 Å². The summed E-state index contributed by atoms with van der Waals surface area (Å²) < 4.78 is 18.5. The fourth-order valence-electron chi connectivity index (χ4n) is 9.43. The number of halogens is 1. The fourth-order valence-corrected chi connectivity index (χ4v) is 9.43. The summed E-state index contributed by atoms with van der Waals surface area (Å²) in [5, 5.41) is 35.1. The molecule has 4 aliphatic carbocycles. The monoisotopic (exact) mass is 525 g/mol. The number of aliphatic hydroxyl groups is 3. The smallest absolute Gasteiger partial charge is 0.331 e. The number of esters is 1. The molecule has 6 nitrogen and oxygen atoms in total. The SMILES string of the molecule is C[C@]12CC[C@H]3[C@H](CC[C@]4(O)C[C@@H](O)CC[C@]34C=NCCc3ccc(F)cc3)[C@]1(O)CC[C@H]2C1=CC(=O)OC1. The maximum absolute atomic E-state index is 13.3. The van der Waals surface area contributed by atoms with Crippen LogP contribution in [0.5, 0.6) is 0 Å². The van der Waals surface area contributed by atoms with Gasteiger partial charge in [-0.3, -0.25) is 4.99 Å². The Morgan fingerprint density at radius 2 is 1.82 bits per heavy atom. The van der Waals surface area contributed by atoms with E-state index in [2.05, 4.69) is 6.92 Å². The molecule has 0 amide bonds. The minimum Gasteiger partial charge on any atom is -0.458 e. The van der Waals surface area contributed by atoms with Crippen molar-refractivity contribution < 1.29 is 29.2 Å². The summed E-state index contributed by atoms with van der Waals surface area (Å²) in [6, 6.07) is 6.48. The van der Waals surface area contributed by atoms with E-state index in [1.54, 1.807) is 18.2 Å². The van der Waals surface area contributed by atoms with Crippen molar-refractivity contribution in [3.05, 3.63) is 47.3 Å². The van der Waals surface area contributed by atoms with E-state index in [1.807, 2.05) is 6.21 Å². The number of aliphatic imine (C=N–C) groups is 1. The Hall–Kier alpha value is -2.09. The highest BCUT2D eigenvalue weighted by molar-refractivity contribution is 5.85. The van der Waals surface area contributed by atoms with E-state index in [9.17, 15) is 24.5 Å². The summed E-state index contributed by atoms with van der Waals surface area (Å²) in [6.07, 6.45) is 9.80. The number of aliphatic hydroxyl groups excluding tert-OH is 1. The fraction of sp³-hybridized carbons (Fsp3) is 0.677. The number of hydrogen-bond acceptors (Lipinski definition) is 6. The van der Waals surface area contributed by atoms with Crippen molar-refractivity contribution in [1.29, 1.82) is 0 Å². The number of carbonyl (C=O) groups is 1. The van der Waals surface area contributed by atoms with Crippen molar-refractivity contribution in [2.75, 3.05) is 13.2 Å². The lowest BCUT2D eigenvalue weighted by Gasteiger charge is -2.65. The Kier molecular flexibility index (Phi) is 6.36. The third-order valence-corrected chi connectivity index (χ3v) is 11.4. The number of ether oxygens (including phenoxy) is 1. The van der Waals surface area contributed by atoms with E-state index in [4.69, 9.17) is 9.73 Å². The Labute approximate surface area is 224 Å². The number of benzene rings is 1. The van der Waals surface area contributed by atoms with Crippen molar-refractivity contribution >= 4 is 12.2 Å². The number of fused-ring (bicyclic) bond motifs is 5. The lowest BCUT2D eigenvalue weighted by Crippen LogP contribution is -2.68. The lowest BCUT2D eigenvalue weighted by molar-refractivity contribution is -0.237. The minimum atomic E-state index is -1.05. The molecule has 4 fully saturated rings. The Balaban J connectivity index is 1.30. The van der Waals surface area contributed by atoms with Gasteiger partial charge < -0.3 is 20.1 Å². The van der Waals surface area contributed by atoms with Gasteiger partial charge in [0.15, 0.2) is 0 Å². The number of nitrogens with zero attached hydrogens (tertiary/aromatic N) is 1. The molecule has 0 saturated heterocycles. The van der Waals surface area contributed by atoms with Gasteiger partial charge in [-0.05, 0) is 98.8 Å². The van der Waals surface area contributed by atoms with Gasteiger partial charge in [0.1, 0.15) is 12.4 Å². The molecular formula is C31H40FNO5. The molecule has 0 bridgehead atoms. The maximum Gasteiger partial charge on any atom is 0.331 e. The first kappa shape index (κ1) is 26.1. The van der Waals surface area contributed by atoms with Crippen LogP contribution in [0, 0.1) is 34.4 Å². The van der Waals surface area contributed by atoms with Gasteiger partial charge in [0.05, 0.1) is 17.3 Å². The summed E-state index contributed by atoms with van der Waals surface area (Å²) in [5.74, 6) is -0.337. The Bertz CT molecular complexity index is 1150. The van der Waals surface area contributed by atoms with E-state index >= 15 is 0 Å². The number of carbonyl (C=O) groups excluding carboxylic acids is 1. The molecular weight excluding hydrogens is 485 g/mol. The zero-order valence-electron chi connectivity index (χ0n) is 22.2. The molecule has 0 spiro atoms. The van der Waals surface area contributed by atoms with Gasteiger partial charge >= 0.3 is 5.97 Å². The molecule has 1 aromatic rings. The van der Waals surface area contributed by atoms with Crippen molar-refractivity contribution in [3.63, 3.8) is 0 Å². The molecule has 38 heavy (non-hydrogen) atoms. The molecule has 0 aromatic heterocycles. The molecule has 5 aliphatic rings. The second kappa shape index (κ2) is 9.24. The Morgan fingerprint density at radius 1 is 1.05 bits per heavy atom. The van der Waals surface area contributed by atoms with Gasteiger partial charge in [-0.15, -0.1) is 0 Å². The van der Waals surface area contributed by atoms with Crippen LogP contribution < -0.4 is 0 Å². The van der Waals surface area contributed by atoms with E-state index in [0.29, 0.717) is 58.1 Å². The first-order chi connectivity index (χ1) is 18.1. The van der Waals surface area contributed by atoms with E-state index in [-0.39, 0.29) is 35.0 Å². The van der Waals surface area contributed by atoms with Crippen LogP contribution in [0.3, 0.4) is 0 Å². The maximum atomic E-state index is 13.3. The number of cyclic esters (lactones) is 1. The largest absolute Gasteiger partial charge is 0.458 e. The average molecular weight is 526 g/mol. The summed E-state index contributed by atoms with van der Waals surface area (Å²) >= 11 is 0. The summed E-state index contributed by atoms with van der Waals surface area (Å²) in [6.45, 7) is 3.06. The lowest BCUT2D eigenvalue weighted by atomic mass is 9.41. The van der Waals surface area contributed by atoms with Crippen LogP contribution in [-0.4, -0.2) is 58.0 Å². The highest BCUT2D eigenvalue weighted by Crippen LogP contribution is 2.70. The third-order valence-electron chi connectivity index (χ3n) is 11.4. The van der Waals surface area contributed by atoms with Crippen LogP contribution in [0.4, 0.5) is 4.39 Å². The van der Waals surface area contributed by atoms with E-state index < -0.39 is 22.7 Å². The summed E-state index contributed by atoms with van der Waals surface area (Å²) in [5.41, 5.74) is -0.865. The quantitative estimate of drug-likeness (QED) is 0.396. The van der Waals surface area contributed by atoms with Crippen molar-refractivity contribution in [3.8, 4) is 0 Å². The molecule has 3 N–H and O–H groups in total. The first-order valence-electron chi connectivity index (χ1n) is 14.4. The van der Waals surface area contributed by atoms with E-state index in [0.717, 1.165) is 30.4 Å². The second-order valence-corrected chi connectivity index (χ2v) is 12.9. The van der Waals surface area contributed by atoms with Gasteiger partial charge in [-0.2, -0.15) is 0 Å². The van der Waals surface area contributed by atoms with E-state index in [1.165, 1.54) is 12.1 Å². The molecule has 6 rings (SSSR count). The zero-order valence-corrected chi connectivity index (χ0v) is 22.2. The van der Waals surface area contributed by atoms with Gasteiger partial charge in [0, 0.05) is 36.1 Å². The van der Waals surface area contributed by atoms with Crippen LogP contribution in [0.25, 0.3) is 0 Å². The average Bonchev–Trinajstić information content (AvgIpc) is 3.42. The molecule has 4 saturated carbocycles. The standard InChI is InChI=1S/C31H40FNO5/c1-28-11-7-25-26(31(28,37)14-9-24(28)21-16-27(35)38-18-21)8-13-30(36)17-23(34)6-12-29(25,30)19-33-15-10-20-2-4-22(32)5-3-20/h2-5,16,19,23-26,34,36-37H,6-15,17-18H2,1H3/t23-,24-,25-,26-,28+,29-,30-,31+/m0/s1. The van der Waals surface area contributed by atoms with Crippen molar-refractivity contribution in [2.45, 2.75) is 88.4 Å². The third kappa shape index (κ3) is 3.83. The normalized spacial score (nSPS) is 44.3. The minimum absolute atomic E-state index is 0.0175. The predicted molar refractivity (Wildman–Crippen MR) is 141 cm³/mol. The predicted octanol–water partition coefficient (Wildman–Crippen LogP) is 4.15. The van der Waals surface area contributed by atoms with Crippen LogP contribution in [0.15, 0.2) is 40.9 Å². The highest BCUT2D eigenvalue weighted by atomic mass is 19.1. The number of hydrogen-bond donors (Lipinski definition) is 3. The molecule has 7 heteroatoms. The summed E-state index contributed by atoms with van der Waals surface area (Å²) in [4.78, 5) is 16.7. The second-order valence-electron chi connectivity index (χ2n) is 12.9. The van der Waals surface area contributed by atoms with Gasteiger partial charge in [0.2, 0.25) is 0 Å². The van der Waals surface area contributed by atoms with Gasteiger partial charge in [-0.1, -0.05) is 19.1 Å².